The molecule has 1 heterocycles. The van der Waals surface area contributed by atoms with Crippen LogP contribution in [0.15, 0.2) is 66.0 Å². The molecule has 1 aromatic heterocycles. The van der Waals surface area contributed by atoms with E-state index in [-0.39, 0.29) is 17.7 Å². The van der Waals surface area contributed by atoms with E-state index in [0.29, 0.717) is 37.2 Å². The highest BCUT2D eigenvalue weighted by Gasteiger charge is 2.28. The summed E-state index contributed by atoms with van der Waals surface area (Å²) in [6.07, 6.45) is 0. The number of amides is 2. The monoisotopic (exact) mass is 463 g/mol. The minimum atomic E-state index is -0.389. The molecule has 5 nitrogen and oxygen atoms in total. The summed E-state index contributed by atoms with van der Waals surface area (Å²) >= 11 is 1.42. The normalized spacial score (nSPS) is 11.2. The van der Waals surface area contributed by atoms with Gasteiger partial charge in [-0.15, -0.1) is 11.3 Å². The lowest BCUT2D eigenvalue weighted by Crippen LogP contribution is -2.37. The summed E-state index contributed by atoms with van der Waals surface area (Å²) in [6.45, 7) is 9.92. The lowest BCUT2D eigenvalue weighted by molar-refractivity contribution is -0.133. The van der Waals surface area contributed by atoms with Crippen LogP contribution in [-0.4, -0.2) is 34.8 Å². The maximum absolute atomic E-state index is 13.9. The molecule has 6 heteroatoms. The number of aromatic nitrogens is 1. The second kappa shape index (κ2) is 11.8. The lowest BCUT2D eigenvalue weighted by Gasteiger charge is -2.29. The molecule has 1 N–H and O–H groups in total. The fraction of sp³-hybridized carbons (Fsp3) is 0.370. The van der Waals surface area contributed by atoms with Crippen molar-refractivity contribution in [3.63, 3.8) is 0 Å². The largest absolute Gasteiger partial charge is 0.350 e. The molecule has 0 saturated heterocycles. The first-order chi connectivity index (χ1) is 15.8. The van der Waals surface area contributed by atoms with Gasteiger partial charge in [0.25, 0.3) is 5.91 Å². The van der Waals surface area contributed by atoms with Crippen LogP contribution >= 0.6 is 11.3 Å². The van der Waals surface area contributed by atoms with Crippen molar-refractivity contribution in [2.75, 3.05) is 13.1 Å². The number of rotatable bonds is 10. The highest BCUT2D eigenvalue weighted by atomic mass is 32.1. The van der Waals surface area contributed by atoms with Crippen LogP contribution in [-0.2, 0) is 11.3 Å². The molecule has 174 valence electrons. The summed E-state index contributed by atoms with van der Waals surface area (Å²) in [5.74, 6) is 0.162. The van der Waals surface area contributed by atoms with E-state index in [4.69, 9.17) is 0 Å². The Labute approximate surface area is 200 Å². The second-order valence-corrected chi connectivity index (χ2v) is 10.0. The Hall–Kier alpha value is -2.99. The van der Waals surface area contributed by atoms with Crippen LogP contribution in [0.1, 0.15) is 60.2 Å². The Bertz CT molecular complexity index is 992. The van der Waals surface area contributed by atoms with E-state index in [9.17, 15) is 9.59 Å². The Morgan fingerprint density at radius 1 is 0.909 bits per heavy atom. The van der Waals surface area contributed by atoms with E-state index in [1.807, 2.05) is 65.6 Å². The van der Waals surface area contributed by atoms with E-state index >= 15 is 0 Å². The van der Waals surface area contributed by atoms with Crippen LogP contribution in [0.3, 0.4) is 0 Å². The number of thiazole rings is 1. The standard InChI is InChI=1S/C27H33N3O2S/c1-19(2)15-28-26(31)23-18-33-24(29-23)17-30(16-20(3)4)27(32)25(21-11-7-5-8-12-21)22-13-9-6-10-14-22/h5-14,18-20,25H,15-17H2,1-4H3,(H,28,31). The quantitative estimate of drug-likeness (QED) is 0.441. The fourth-order valence-corrected chi connectivity index (χ4v) is 4.45. The molecule has 0 aliphatic carbocycles. The molecule has 0 atom stereocenters. The molecule has 0 saturated carbocycles. The summed E-state index contributed by atoms with van der Waals surface area (Å²) < 4.78 is 0. The Kier molecular flexibility index (Phi) is 8.78. The first-order valence-corrected chi connectivity index (χ1v) is 12.3. The number of hydrogen-bond donors (Lipinski definition) is 1. The first kappa shape index (κ1) is 24.6. The third-order valence-corrected chi connectivity index (χ3v) is 6.02. The predicted octanol–water partition coefficient (Wildman–Crippen LogP) is 5.35. The van der Waals surface area contributed by atoms with Gasteiger partial charge in [-0.1, -0.05) is 88.4 Å². The molecule has 3 aromatic rings. The van der Waals surface area contributed by atoms with E-state index < -0.39 is 0 Å². The lowest BCUT2D eigenvalue weighted by atomic mass is 9.89. The topological polar surface area (TPSA) is 62.3 Å². The van der Waals surface area contributed by atoms with Crippen molar-refractivity contribution in [2.24, 2.45) is 11.8 Å². The van der Waals surface area contributed by atoms with Crippen molar-refractivity contribution in [3.8, 4) is 0 Å². The number of carbonyl (C=O) groups excluding carboxylic acids is 2. The molecule has 0 radical (unpaired) electrons. The van der Waals surface area contributed by atoms with Crippen molar-refractivity contribution in [1.82, 2.24) is 15.2 Å². The average molecular weight is 464 g/mol. The Morgan fingerprint density at radius 3 is 2.00 bits per heavy atom. The highest BCUT2D eigenvalue weighted by molar-refractivity contribution is 7.09. The van der Waals surface area contributed by atoms with Gasteiger partial charge in [0.05, 0.1) is 12.5 Å². The first-order valence-electron chi connectivity index (χ1n) is 11.5. The smallest absolute Gasteiger partial charge is 0.270 e. The SMILES string of the molecule is CC(C)CNC(=O)c1csc(CN(CC(C)C)C(=O)C(c2ccccc2)c2ccccc2)n1. The van der Waals surface area contributed by atoms with Crippen LogP contribution in [0, 0.1) is 11.8 Å². The minimum absolute atomic E-state index is 0.0436. The third-order valence-electron chi connectivity index (χ3n) is 5.19. The van der Waals surface area contributed by atoms with Gasteiger partial charge in [0.15, 0.2) is 0 Å². The van der Waals surface area contributed by atoms with Crippen molar-refractivity contribution in [1.29, 1.82) is 0 Å². The van der Waals surface area contributed by atoms with Gasteiger partial charge in [-0.05, 0) is 23.0 Å². The maximum atomic E-state index is 13.9. The zero-order valence-corrected chi connectivity index (χ0v) is 20.6. The third kappa shape index (κ3) is 6.99. The summed E-state index contributed by atoms with van der Waals surface area (Å²) in [5.41, 5.74) is 2.35. The molecule has 0 bridgehead atoms. The van der Waals surface area contributed by atoms with Crippen LogP contribution in [0.25, 0.3) is 0 Å². The van der Waals surface area contributed by atoms with E-state index in [1.165, 1.54) is 11.3 Å². The molecule has 2 aromatic carbocycles. The van der Waals surface area contributed by atoms with E-state index in [0.717, 1.165) is 16.1 Å². The molecule has 33 heavy (non-hydrogen) atoms. The van der Waals surface area contributed by atoms with Gasteiger partial charge in [0.2, 0.25) is 5.91 Å². The zero-order chi connectivity index (χ0) is 23.8. The predicted molar refractivity (Wildman–Crippen MR) is 134 cm³/mol. The molecule has 0 spiro atoms. The van der Waals surface area contributed by atoms with Crippen LogP contribution < -0.4 is 5.32 Å². The van der Waals surface area contributed by atoms with Crippen molar-refractivity contribution >= 4 is 23.2 Å². The summed E-state index contributed by atoms with van der Waals surface area (Å²) in [6, 6.07) is 19.8. The molecule has 0 aliphatic rings. The number of hydrogen-bond acceptors (Lipinski definition) is 4. The van der Waals surface area contributed by atoms with Gasteiger partial charge in [-0.3, -0.25) is 9.59 Å². The van der Waals surface area contributed by atoms with Crippen molar-refractivity contribution in [2.45, 2.75) is 40.2 Å². The molecule has 2 amide bonds. The molecule has 0 unspecified atom stereocenters. The fourth-order valence-electron chi connectivity index (χ4n) is 3.66. The number of carbonyl (C=O) groups is 2. The van der Waals surface area contributed by atoms with Crippen molar-refractivity contribution < 1.29 is 9.59 Å². The van der Waals surface area contributed by atoms with Gasteiger partial charge in [0.1, 0.15) is 10.7 Å². The second-order valence-electron chi connectivity index (χ2n) is 9.10. The minimum Gasteiger partial charge on any atom is -0.350 e. The van der Waals surface area contributed by atoms with E-state index in [2.05, 4.69) is 38.0 Å². The van der Waals surface area contributed by atoms with Crippen LogP contribution in [0.2, 0.25) is 0 Å². The summed E-state index contributed by atoms with van der Waals surface area (Å²) in [4.78, 5) is 32.7. The van der Waals surface area contributed by atoms with Gasteiger partial charge < -0.3 is 10.2 Å². The molecular weight excluding hydrogens is 430 g/mol. The summed E-state index contributed by atoms with van der Waals surface area (Å²) in [7, 11) is 0. The molecular formula is C27H33N3O2S. The number of nitrogens with zero attached hydrogens (tertiary/aromatic N) is 2. The van der Waals surface area contributed by atoms with Gasteiger partial charge >= 0.3 is 0 Å². The van der Waals surface area contributed by atoms with E-state index in [1.54, 1.807) is 5.38 Å². The summed E-state index contributed by atoms with van der Waals surface area (Å²) in [5, 5.41) is 5.44. The van der Waals surface area contributed by atoms with Crippen molar-refractivity contribution in [3.05, 3.63) is 87.9 Å². The maximum Gasteiger partial charge on any atom is 0.270 e. The van der Waals surface area contributed by atoms with Crippen LogP contribution in [0.4, 0.5) is 0 Å². The van der Waals surface area contributed by atoms with Crippen LogP contribution in [0.5, 0.6) is 0 Å². The Balaban J connectivity index is 1.85. The molecule has 0 aliphatic heterocycles. The Morgan fingerprint density at radius 2 is 1.48 bits per heavy atom. The van der Waals surface area contributed by atoms with Gasteiger partial charge in [-0.2, -0.15) is 0 Å². The number of benzene rings is 2. The molecule has 3 rings (SSSR count). The molecule has 0 fully saturated rings. The average Bonchev–Trinajstić information content (AvgIpc) is 3.27. The van der Waals surface area contributed by atoms with Gasteiger partial charge in [0, 0.05) is 18.5 Å². The zero-order valence-electron chi connectivity index (χ0n) is 19.8. The number of nitrogens with one attached hydrogen (secondary N) is 1. The highest BCUT2D eigenvalue weighted by Crippen LogP contribution is 2.28. The van der Waals surface area contributed by atoms with Gasteiger partial charge in [-0.25, -0.2) is 4.98 Å².